The van der Waals surface area contributed by atoms with Crippen molar-refractivity contribution in [1.29, 1.82) is 0 Å². The largest absolute Gasteiger partial charge is 0.481 e. The van der Waals surface area contributed by atoms with Gasteiger partial charge in [0, 0.05) is 6.20 Å². The van der Waals surface area contributed by atoms with Gasteiger partial charge in [0.1, 0.15) is 11.7 Å². The van der Waals surface area contributed by atoms with Crippen LogP contribution in [0.5, 0.6) is 0 Å². The lowest BCUT2D eigenvalue weighted by Gasteiger charge is -2.16. The molecule has 1 aliphatic heterocycles. The number of hydrogen-bond acceptors (Lipinski definition) is 4. The van der Waals surface area contributed by atoms with Crippen LogP contribution < -0.4 is 5.32 Å². The Morgan fingerprint density at radius 1 is 1.42 bits per heavy atom. The topological polar surface area (TPSA) is 71.5 Å². The van der Waals surface area contributed by atoms with Gasteiger partial charge in [-0.15, -0.1) is 0 Å². The molecule has 0 bridgehead atoms. The van der Waals surface area contributed by atoms with Gasteiger partial charge in [0.15, 0.2) is 0 Å². The molecule has 0 spiro atoms. The lowest BCUT2D eigenvalue weighted by molar-refractivity contribution is -0.141. The summed E-state index contributed by atoms with van der Waals surface area (Å²) in [5.74, 6) is -1.55. The molecule has 0 saturated carbocycles. The van der Waals surface area contributed by atoms with Crippen LogP contribution in [0, 0.1) is 5.92 Å². The number of anilines is 1. The molecule has 8 heteroatoms. The summed E-state index contributed by atoms with van der Waals surface area (Å²) in [6.07, 6.45) is -3.74. The van der Waals surface area contributed by atoms with Gasteiger partial charge < -0.3 is 15.2 Å². The molecule has 2 N–H and O–H groups in total. The Morgan fingerprint density at radius 3 is 2.68 bits per heavy atom. The van der Waals surface area contributed by atoms with Crippen LogP contribution in [0.1, 0.15) is 5.56 Å². The molecule has 0 radical (unpaired) electrons. The van der Waals surface area contributed by atoms with E-state index in [1.807, 2.05) is 0 Å². The van der Waals surface area contributed by atoms with Crippen LogP contribution in [-0.4, -0.2) is 35.3 Å². The van der Waals surface area contributed by atoms with E-state index in [9.17, 15) is 18.0 Å². The third-order valence-corrected chi connectivity index (χ3v) is 2.82. The van der Waals surface area contributed by atoms with Crippen molar-refractivity contribution in [1.82, 2.24) is 4.98 Å². The Labute approximate surface area is 106 Å². The maximum Gasteiger partial charge on any atom is 0.417 e. The fourth-order valence-electron chi connectivity index (χ4n) is 1.78. The third-order valence-electron chi connectivity index (χ3n) is 2.82. The summed E-state index contributed by atoms with van der Waals surface area (Å²) in [5.41, 5.74) is -0.851. The molecule has 1 aromatic heterocycles. The summed E-state index contributed by atoms with van der Waals surface area (Å²) < 4.78 is 42.0. The summed E-state index contributed by atoms with van der Waals surface area (Å²) in [7, 11) is 0. The molecular formula is C11H11F3N2O3. The number of carboxylic acids is 1. The standard InChI is InChI=1S/C11H11F3N2O3/c12-11(13,14)6-1-2-9(15-3-6)16-8-5-19-4-7(8)10(17)18/h1-3,7-8H,4-5H2,(H,15,16)(H,17,18). The Morgan fingerprint density at radius 2 is 2.16 bits per heavy atom. The number of halogens is 3. The van der Waals surface area contributed by atoms with E-state index in [-0.39, 0.29) is 19.0 Å². The number of aromatic nitrogens is 1. The van der Waals surface area contributed by atoms with E-state index >= 15 is 0 Å². The van der Waals surface area contributed by atoms with Crippen molar-refractivity contribution >= 4 is 11.8 Å². The lowest BCUT2D eigenvalue weighted by atomic mass is 10.0. The molecule has 2 rings (SSSR count). The Balaban J connectivity index is 2.06. The van der Waals surface area contributed by atoms with Crippen molar-refractivity contribution in [2.45, 2.75) is 12.2 Å². The second kappa shape index (κ2) is 5.04. The number of aliphatic carboxylic acids is 1. The van der Waals surface area contributed by atoms with Gasteiger partial charge in [0.25, 0.3) is 0 Å². The highest BCUT2D eigenvalue weighted by molar-refractivity contribution is 5.72. The predicted molar refractivity (Wildman–Crippen MR) is 58.6 cm³/mol. The third kappa shape index (κ3) is 3.14. The van der Waals surface area contributed by atoms with Gasteiger partial charge in [-0.1, -0.05) is 0 Å². The molecule has 5 nitrogen and oxygen atoms in total. The van der Waals surface area contributed by atoms with Crippen LogP contribution in [0.15, 0.2) is 18.3 Å². The number of nitrogens with one attached hydrogen (secondary N) is 1. The van der Waals surface area contributed by atoms with E-state index in [2.05, 4.69) is 10.3 Å². The number of carbonyl (C=O) groups is 1. The quantitative estimate of drug-likeness (QED) is 0.877. The smallest absolute Gasteiger partial charge is 0.417 e. The van der Waals surface area contributed by atoms with Gasteiger partial charge in [-0.05, 0) is 12.1 Å². The number of pyridine rings is 1. The van der Waals surface area contributed by atoms with Crippen molar-refractivity contribution < 1.29 is 27.8 Å². The Hall–Kier alpha value is -1.83. The molecule has 1 aliphatic rings. The van der Waals surface area contributed by atoms with Gasteiger partial charge >= 0.3 is 12.1 Å². The van der Waals surface area contributed by atoms with Crippen LogP contribution in [0.4, 0.5) is 19.0 Å². The maximum atomic E-state index is 12.3. The number of nitrogens with zero attached hydrogens (tertiary/aromatic N) is 1. The van der Waals surface area contributed by atoms with Crippen LogP contribution in [0.3, 0.4) is 0 Å². The monoisotopic (exact) mass is 276 g/mol. The normalized spacial score (nSPS) is 23.3. The lowest BCUT2D eigenvalue weighted by Crippen LogP contribution is -2.33. The first-order valence-corrected chi connectivity index (χ1v) is 5.48. The summed E-state index contributed by atoms with van der Waals surface area (Å²) in [6.45, 7) is 0.257. The highest BCUT2D eigenvalue weighted by Gasteiger charge is 2.34. The average molecular weight is 276 g/mol. The summed E-state index contributed by atoms with van der Waals surface area (Å²) in [6, 6.07) is 1.56. The summed E-state index contributed by atoms with van der Waals surface area (Å²) >= 11 is 0. The predicted octanol–water partition coefficient (Wildman–Crippen LogP) is 1.61. The van der Waals surface area contributed by atoms with Gasteiger partial charge in [-0.2, -0.15) is 13.2 Å². The molecule has 1 fully saturated rings. The molecule has 19 heavy (non-hydrogen) atoms. The van der Waals surface area contributed by atoms with Crippen LogP contribution in [0.2, 0.25) is 0 Å². The number of hydrogen-bond donors (Lipinski definition) is 2. The minimum absolute atomic E-state index is 0.0770. The van der Waals surface area contributed by atoms with E-state index in [0.717, 1.165) is 6.07 Å². The van der Waals surface area contributed by atoms with Crippen molar-refractivity contribution in [3.63, 3.8) is 0 Å². The SMILES string of the molecule is O=C(O)C1COCC1Nc1ccc(C(F)(F)F)cn1. The Bertz CT molecular complexity index is 461. The molecule has 104 valence electrons. The average Bonchev–Trinajstić information content (AvgIpc) is 2.77. The molecule has 0 aromatic carbocycles. The molecular weight excluding hydrogens is 265 g/mol. The second-order valence-corrected chi connectivity index (χ2v) is 4.16. The molecule has 0 amide bonds. The van der Waals surface area contributed by atoms with Gasteiger partial charge in [-0.25, -0.2) is 4.98 Å². The molecule has 2 unspecified atom stereocenters. The molecule has 0 aliphatic carbocycles. The Kier molecular flexibility index (Phi) is 3.61. The van der Waals surface area contributed by atoms with E-state index in [0.29, 0.717) is 6.20 Å². The van der Waals surface area contributed by atoms with Crippen LogP contribution in [-0.2, 0) is 15.7 Å². The first-order valence-electron chi connectivity index (χ1n) is 5.48. The summed E-state index contributed by atoms with van der Waals surface area (Å²) in [4.78, 5) is 14.5. The first kappa shape index (κ1) is 13.6. The van der Waals surface area contributed by atoms with Crippen molar-refractivity contribution in [2.75, 3.05) is 18.5 Å². The zero-order valence-corrected chi connectivity index (χ0v) is 9.65. The molecule has 1 aromatic rings. The van der Waals surface area contributed by atoms with Gasteiger partial charge in [-0.3, -0.25) is 4.79 Å². The number of carboxylic acid groups (broad SMARTS) is 1. The summed E-state index contributed by atoms with van der Waals surface area (Å²) in [5, 5.41) is 11.7. The first-order chi connectivity index (χ1) is 8.88. The van der Waals surface area contributed by atoms with E-state index < -0.39 is 29.7 Å². The molecule has 2 heterocycles. The molecule has 1 saturated heterocycles. The van der Waals surface area contributed by atoms with Gasteiger partial charge in [0.2, 0.25) is 0 Å². The fourth-order valence-corrected chi connectivity index (χ4v) is 1.78. The van der Waals surface area contributed by atoms with Crippen molar-refractivity contribution in [3.8, 4) is 0 Å². The minimum atomic E-state index is -4.44. The number of rotatable bonds is 3. The van der Waals surface area contributed by atoms with E-state index in [1.165, 1.54) is 6.07 Å². The van der Waals surface area contributed by atoms with Crippen LogP contribution >= 0.6 is 0 Å². The maximum absolute atomic E-state index is 12.3. The van der Waals surface area contributed by atoms with Crippen molar-refractivity contribution in [2.24, 2.45) is 5.92 Å². The van der Waals surface area contributed by atoms with Gasteiger partial charge in [0.05, 0.1) is 24.8 Å². The highest BCUT2D eigenvalue weighted by atomic mass is 19.4. The van der Waals surface area contributed by atoms with Crippen LogP contribution in [0.25, 0.3) is 0 Å². The highest BCUT2D eigenvalue weighted by Crippen LogP contribution is 2.29. The number of ether oxygens (including phenoxy) is 1. The second-order valence-electron chi connectivity index (χ2n) is 4.16. The van der Waals surface area contributed by atoms with E-state index in [1.54, 1.807) is 0 Å². The van der Waals surface area contributed by atoms with Crippen molar-refractivity contribution in [3.05, 3.63) is 23.9 Å². The van der Waals surface area contributed by atoms with E-state index in [4.69, 9.17) is 9.84 Å². The zero-order valence-electron chi connectivity index (χ0n) is 9.65. The minimum Gasteiger partial charge on any atom is -0.481 e. The fraction of sp³-hybridized carbons (Fsp3) is 0.455. The zero-order chi connectivity index (χ0) is 14.0. The number of alkyl halides is 3. The molecule has 2 atom stereocenters.